The molecule has 0 bridgehead atoms. The van der Waals surface area contributed by atoms with Crippen LogP contribution < -0.4 is 10.9 Å². The molecule has 3 rings (SSSR count). The Hall–Kier alpha value is -2.08. The average molecular weight is 315 g/mol. The van der Waals surface area contributed by atoms with E-state index in [2.05, 4.69) is 10.3 Å². The minimum absolute atomic E-state index is 0.0827. The first-order valence-electron chi connectivity index (χ1n) is 7.12. The van der Waals surface area contributed by atoms with Gasteiger partial charge in [0.2, 0.25) is 5.91 Å². The number of thioether (sulfide) groups is 1. The lowest BCUT2D eigenvalue weighted by atomic mass is 10.2. The van der Waals surface area contributed by atoms with Crippen LogP contribution in [0.3, 0.4) is 0 Å². The SMILES string of the molecule is Cc1ccc(NC(=O)CC2CSc3nc(C)cc(=O)n32)cc1. The summed E-state index contributed by atoms with van der Waals surface area (Å²) in [6.07, 6.45) is 0.276. The fourth-order valence-electron chi connectivity index (χ4n) is 2.48. The molecule has 0 saturated carbocycles. The fraction of sp³-hybridized carbons (Fsp3) is 0.312. The van der Waals surface area contributed by atoms with Crippen molar-refractivity contribution in [3.05, 3.63) is 51.9 Å². The maximum atomic E-state index is 12.2. The van der Waals surface area contributed by atoms with Gasteiger partial charge in [-0.1, -0.05) is 29.5 Å². The van der Waals surface area contributed by atoms with Gasteiger partial charge in [0.15, 0.2) is 5.16 Å². The van der Waals surface area contributed by atoms with Crippen LogP contribution in [0, 0.1) is 13.8 Å². The zero-order valence-corrected chi connectivity index (χ0v) is 13.3. The van der Waals surface area contributed by atoms with E-state index in [0.29, 0.717) is 16.6 Å². The molecule has 0 saturated heterocycles. The molecule has 0 aliphatic carbocycles. The number of hydrogen-bond donors (Lipinski definition) is 1. The number of aromatic nitrogens is 2. The van der Waals surface area contributed by atoms with E-state index >= 15 is 0 Å². The molecule has 1 amide bonds. The van der Waals surface area contributed by atoms with Crippen molar-refractivity contribution in [3.8, 4) is 0 Å². The van der Waals surface area contributed by atoms with Gasteiger partial charge in [0.25, 0.3) is 5.56 Å². The number of carbonyl (C=O) groups excluding carboxylic acids is 1. The van der Waals surface area contributed by atoms with E-state index in [4.69, 9.17) is 0 Å². The average Bonchev–Trinajstić information content (AvgIpc) is 2.84. The molecule has 1 unspecified atom stereocenters. The zero-order chi connectivity index (χ0) is 15.7. The largest absolute Gasteiger partial charge is 0.326 e. The number of benzene rings is 1. The Morgan fingerprint density at radius 2 is 2.09 bits per heavy atom. The fourth-order valence-corrected chi connectivity index (χ4v) is 3.67. The lowest BCUT2D eigenvalue weighted by molar-refractivity contribution is -0.116. The number of rotatable bonds is 3. The van der Waals surface area contributed by atoms with Crippen molar-refractivity contribution in [2.24, 2.45) is 0 Å². The number of nitrogens with zero attached hydrogens (tertiary/aromatic N) is 2. The monoisotopic (exact) mass is 315 g/mol. The maximum Gasteiger partial charge on any atom is 0.254 e. The van der Waals surface area contributed by atoms with Crippen LogP contribution in [-0.2, 0) is 4.79 Å². The lowest BCUT2D eigenvalue weighted by Crippen LogP contribution is -2.27. The first-order valence-corrected chi connectivity index (χ1v) is 8.11. The summed E-state index contributed by atoms with van der Waals surface area (Å²) in [5.74, 6) is 0.613. The van der Waals surface area contributed by atoms with E-state index in [9.17, 15) is 9.59 Å². The topological polar surface area (TPSA) is 64.0 Å². The lowest BCUT2D eigenvalue weighted by Gasteiger charge is -2.13. The third-order valence-electron chi connectivity index (χ3n) is 3.57. The van der Waals surface area contributed by atoms with E-state index in [-0.39, 0.29) is 23.9 Å². The predicted molar refractivity (Wildman–Crippen MR) is 87.4 cm³/mol. The summed E-state index contributed by atoms with van der Waals surface area (Å²) < 4.78 is 1.63. The predicted octanol–water partition coefficient (Wildman–Crippen LogP) is 2.54. The zero-order valence-electron chi connectivity index (χ0n) is 12.5. The van der Waals surface area contributed by atoms with Crippen LogP contribution >= 0.6 is 11.8 Å². The molecule has 6 heteroatoms. The van der Waals surface area contributed by atoms with E-state index in [1.165, 1.54) is 17.8 Å². The van der Waals surface area contributed by atoms with Crippen LogP contribution in [0.4, 0.5) is 5.69 Å². The van der Waals surface area contributed by atoms with Gasteiger partial charge in [0.1, 0.15) is 0 Å². The Bertz CT molecular complexity index is 768. The molecule has 1 atom stereocenters. The van der Waals surface area contributed by atoms with Crippen LogP contribution in [-0.4, -0.2) is 21.2 Å². The van der Waals surface area contributed by atoms with Crippen molar-refractivity contribution < 1.29 is 4.79 Å². The minimum Gasteiger partial charge on any atom is -0.326 e. The van der Waals surface area contributed by atoms with Gasteiger partial charge in [0, 0.05) is 29.6 Å². The standard InChI is InChI=1S/C16H17N3O2S/c1-10-3-5-12(6-4-10)18-14(20)8-13-9-22-16-17-11(2)7-15(21)19(13)16/h3-7,13H,8-9H2,1-2H3,(H,18,20). The van der Waals surface area contributed by atoms with Crippen LogP contribution in [0.1, 0.15) is 23.7 Å². The van der Waals surface area contributed by atoms with Gasteiger partial charge < -0.3 is 5.32 Å². The molecule has 2 aromatic rings. The molecule has 1 N–H and O–H groups in total. The van der Waals surface area contributed by atoms with Gasteiger partial charge in [-0.15, -0.1) is 0 Å². The Morgan fingerprint density at radius 1 is 1.36 bits per heavy atom. The van der Waals surface area contributed by atoms with Crippen LogP contribution in [0.15, 0.2) is 40.3 Å². The van der Waals surface area contributed by atoms with Crippen molar-refractivity contribution >= 4 is 23.4 Å². The summed E-state index contributed by atoms with van der Waals surface area (Å²) in [6.45, 7) is 3.81. The molecule has 1 aliphatic heterocycles. The molecule has 114 valence electrons. The van der Waals surface area contributed by atoms with E-state index < -0.39 is 0 Å². The Labute approximate surface area is 132 Å². The summed E-state index contributed by atoms with van der Waals surface area (Å²) in [6, 6.07) is 9.04. The third-order valence-corrected chi connectivity index (χ3v) is 4.67. The summed E-state index contributed by atoms with van der Waals surface area (Å²) in [5.41, 5.74) is 2.55. The number of hydrogen-bond acceptors (Lipinski definition) is 4. The first-order chi connectivity index (χ1) is 10.5. The van der Waals surface area contributed by atoms with Gasteiger partial charge in [0.05, 0.1) is 6.04 Å². The van der Waals surface area contributed by atoms with Crippen molar-refractivity contribution in [1.82, 2.24) is 9.55 Å². The molecule has 0 radical (unpaired) electrons. The Kier molecular flexibility index (Phi) is 4.02. The quantitative estimate of drug-likeness (QED) is 0.884. The van der Waals surface area contributed by atoms with Crippen LogP contribution in [0.2, 0.25) is 0 Å². The normalized spacial score (nSPS) is 16.4. The number of aryl methyl sites for hydroxylation is 2. The second-order valence-electron chi connectivity index (χ2n) is 5.47. The first kappa shape index (κ1) is 14.8. The highest BCUT2D eigenvalue weighted by Crippen LogP contribution is 2.32. The third kappa shape index (κ3) is 3.06. The van der Waals surface area contributed by atoms with Crippen LogP contribution in [0.5, 0.6) is 0 Å². The summed E-state index contributed by atoms with van der Waals surface area (Å²) in [5, 5.41) is 3.58. The molecular weight excluding hydrogens is 298 g/mol. The van der Waals surface area contributed by atoms with Crippen LogP contribution in [0.25, 0.3) is 0 Å². The van der Waals surface area contributed by atoms with Gasteiger partial charge >= 0.3 is 0 Å². The van der Waals surface area contributed by atoms with E-state index in [0.717, 1.165) is 11.3 Å². The molecule has 0 fully saturated rings. The second-order valence-corrected chi connectivity index (χ2v) is 6.46. The Morgan fingerprint density at radius 3 is 2.82 bits per heavy atom. The number of fused-ring (bicyclic) bond motifs is 1. The molecule has 5 nitrogen and oxygen atoms in total. The highest BCUT2D eigenvalue weighted by Gasteiger charge is 2.27. The maximum absolute atomic E-state index is 12.2. The number of nitrogens with one attached hydrogen (secondary N) is 1. The second kappa shape index (κ2) is 5.96. The number of amides is 1. The van der Waals surface area contributed by atoms with Gasteiger partial charge in [-0.2, -0.15) is 0 Å². The van der Waals surface area contributed by atoms with E-state index in [1.54, 1.807) is 11.5 Å². The van der Waals surface area contributed by atoms with Crippen molar-refractivity contribution in [2.45, 2.75) is 31.5 Å². The van der Waals surface area contributed by atoms with Crippen molar-refractivity contribution in [3.63, 3.8) is 0 Å². The molecule has 1 aliphatic rings. The molecule has 1 aromatic carbocycles. The molecule has 1 aromatic heterocycles. The number of anilines is 1. The van der Waals surface area contributed by atoms with Crippen molar-refractivity contribution in [2.75, 3.05) is 11.1 Å². The number of carbonyl (C=O) groups is 1. The van der Waals surface area contributed by atoms with Gasteiger partial charge in [-0.05, 0) is 26.0 Å². The minimum atomic E-state index is -0.133. The molecule has 22 heavy (non-hydrogen) atoms. The smallest absolute Gasteiger partial charge is 0.254 e. The highest BCUT2D eigenvalue weighted by atomic mass is 32.2. The summed E-state index contributed by atoms with van der Waals surface area (Å²) >= 11 is 1.53. The van der Waals surface area contributed by atoms with Gasteiger partial charge in [-0.3, -0.25) is 14.2 Å². The summed E-state index contributed by atoms with van der Waals surface area (Å²) in [7, 11) is 0. The van der Waals surface area contributed by atoms with E-state index in [1.807, 2.05) is 31.2 Å². The summed E-state index contributed by atoms with van der Waals surface area (Å²) in [4.78, 5) is 28.6. The molecular formula is C16H17N3O2S. The van der Waals surface area contributed by atoms with Crippen molar-refractivity contribution in [1.29, 1.82) is 0 Å². The van der Waals surface area contributed by atoms with Gasteiger partial charge in [-0.25, -0.2) is 4.98 Å². The Balaban J connectivity index is 1.72. The highest BCUT2D eigenvalue weighted by molar-refractivity contribution is 7.99. The molecule has 0 spiro atoms. The molecule has 2 heterocycles.